The van der Waals surface area contributed by atoms with Crippen molar-refractivity contribution < 1.29 is 9.90 Å². The maximum atomic E-state index is 12.4. The standard InChI is InChI=1S/C20H28N4O2/c1-15(2)12-24-10-8-19(22-24)20(26)21-11-16-5-3-4-6-17(16)13-23-9-7-18(25)14-23/h3-6,8,10,15,18,25H,7,9,11-14H2,1-2H3,(H,21,26). The Kier molecular flexibility index (Phi) is 6.06. The van der Waals surface area contributed by atoms with Crippen LogP contribution >= 0.6 is 0 Å². The number of hydrogen-bond donors (Lipinski definition) is 2. The first-order valence-corrected chi connectivity index (χ1v) is 9.30. The highest BCUT2D eigenvalue weighted by Crippen LogP contribution is 2.16. The summed E-state index contributed by atoms with van der Waals surface area (Å²) in [6.45, 7) is 7.95. The lowest BCUT2D eigenvalue weighted by molar-refractivity contribution is 0.0944. The Morgan fingerprint density at radius 1 is 1.31 bits per heavy atom. The third-order valence-corrected chi connectivity index (χ3v) is 4.62. The van der Waals surface area contributed by atoms with Crippen molar-refractivity contribution in [3.05, 3.63) is 53.3 Å². The number of likely N-dealkylation sites (tertiary alicyclic amines) is 1. The summed E-state index contributed by atoms with van der Waals surface area (Å²) in [6, 6.07) is 9.89. The number of hydrogen-bond acceptors (Lipinski definition) is 4. The second-order valence-electron chi connectivity index (χ2n) is 7.45. The summed E-state index contributed by atoms with van der Waals surface area (Å²) >= 11 is 0. The summed E-state index contributed by atoms with van der Waals surface area (Å²) < 4.78 is 1.81. The van der Waals surface area contributed by atoms with Crippen molar-refractivity contribution in [2.75, 3.05) is 13.1 Å². The molecule has 0 spiro atoms. The molecule has 1 atom stereocenters. The number of benzene rings is 1. The highest BCUT2D eigenvalue weighted by atomic mass is 16.3. The van der Waals surface area contributed by atoms with Gasteiger partial charge in [-0.05, 0) is 29.5 Å². The molecule has 2 heterocycles. The van der Waals surface area contributed by atoms with Crippen molar-refractivity contribution in [3.8, 4) is 0 Å². The summed E-state index contributed by atoms with van der Waals surface area (Å²) in [5, 5.41) is 17.0. The van der Waals surface area contributed by atoms with E-state index in [2.05, 4.69) is 35.2 Å². The van der Waals surface area contributed by atoms with E-state index in [1.54, 1.807) is 6.07 Å². The lowest BCUT2D eigenvalue weighted by Gasteiger charge is -2.17. The van der Waals surface area contributed by atoms with E-state index in [4.69, 9.17) is 0 Å². The number of aliphatic hydroxyl groups excluding tert-OH is 1. The monoisotopic (exact) mass is 356 g/mol. The minimum absolute atomic E-state index is 0.154. The molecular formula is C20H28N4O2. The molecule has 140 valence electrons. The molecule has 2 aromatic rings. The van der Waals surface area contributed by atoms with Gasteiger partial charge in [0.05, 0.1) is 6.10 Å². The number of nitrogens with zero attached hydrogens (tertiary/aromatic N) is 3. The number of aromatic nitrogens is 2. The number of β-amino-alcohol motifs (C(OH)–C–C–N with tert-alkyl or cyclic N) is 1. The fraction of sp³-hybridized carbons (Fsp3) is 0.500. The summed E-state index contributed by atoms with van der Waals surface area (Å²) in [6.07, 6.45) is 2.46. The molecule has 1 aliphatic heterocycles. The fourth-order valence-corrected chi connectivity index (χ4v) is 3.31. The van der Waals surface area contributed by atoms with Crippen LogP contribution in [0.4, 0.5) is 0 Å². The van der Waals surface area contributed by atoms with Gasteiger partial charge in [0, 0.05) is 38.9 Å². The predicted octanol–water partition coefficient (Wildman–Crippen LogP) is 2.04. The van der Waals surface area contributed by atoms with Gasteiger partial charge in [0.2, 0.25) is 0 Å². The normalized spacial score (nSPS) is 17.8. The zero-order valence-electron chi connectivity index (χ0n) is 15.6. The molecule has 6 nitrogen and oxygen atoms in total. The topological polar surface area (TPSA) is 70.4 Å². The number of carbonyl (C=O) groups is 1. The molecule has 6 heteroatoms. The first kappa shape index (κ1) is 18.6. The van der Waals surface area contributed by atoms with Gasteiger partial charge in [-0.25, -0.2) is 0 Å². The van der Waals surface area contributed by atoms with Gasteiger partial charge in [-0.15, -0.1) is 0 Å². The third kappa shape index (κ3) is 4.93. The van der Waals surface area contributed by atoms with Crippen LogP contribution in [0.25, 0.3) is 0 Å². The summed E-state index contributed by atoms with van der Waals surface area (Å²) in [5.74, 6) is 0.334. The van der Waals surface area contributed by atoms with Crippen molar-refractivity contribution in [2.24, 2.45) is 5.92 Å². The van der Waals surface area contributed by atoms with E-state index in [0.717, 1.165) is 31.6 Å². The van der Waals surface area contributed by atoms with Gasteiger partial charge in [-0.2, -0.15) is 5.10 Å². The molecule has 2 N–H and O–H groups in total. The molecule has 1 unspecified atom stereocenters. The molecular weight excluding hydrogens is 328 g/mol. The van der Waals surface area contributed by atoms with Crippen molar-refractivity contribution >= 4 is 5.91 Å². The lowest BCUT2D eigenvalue weighted by atomic mass is 10.1. The summed E-state index contributed by atoms with van der Waals surface area (Å²) in [4.78, 5) is 14.6. The average Bonchev–Trinajstić information content (AvgIpc) is 3.22. The molecule has 1 fully saturated rings. The molecule has 1 saturated heterocycles. The zero-order chi connectivity index (χ0) is 18.5. The molecule has 1 aromatic heterocycles. The molecule has 26 heavy (non-hydrogen) atoms. The minimum atomic E-state index is -0.220. The van der Waals surface area contributed by atoms with Gasteiger partial charge < -0.3 is 10.4 Å². The van der Waals surface area contributed by atoms with Crippen LogP contribution < -0.4 is 5.32 Å². The molecule has 1 aliphatic rings. The molecule has 1 amide bonds. The first-order chi connectivity index (χ1) is 12.5. The van der Waals surface area contributed by atoms with Crippen LogP contribution in [0.3, 0.4) is 0 Å². The predicted molar refractivity (Wildman–Crippen MR) is 101 cm³/mol. The van der Waals surface area contributed by atoms with Gasteiger partial charge in [-0.1, -0.05) is 38.1 Å². The maximum Gasteiger partial charge on any atom is 0.272 e. The Morgan fingerprint density at radius 3 is 2.77 bits per heavy atom. The van der Waals surface area contributed by atoms with Gasteiger partial charge in [0.25, 0.3) is 5.91 Å². The van der Waals surface area contributed by atoms with Gasteiger partial charge in [0.1, 0.15) is 5.69 Å². The summed E-state index contributed by atoms with van der Waals surface area (Å²) in [5.41, 5.74) is 2.74. The van der Waals surface area contributed by atoms with Crippen LogP contribution in [0.15, 0.2) is 36.5 Å². The van der Waals surface area contributed by atoms with Crippen LogP contribution in [-0.2, 0) is 19.6 Å². The van der Waals surface area contributed by atoms with Gasteiger partial charge in [-0.3, -0.25) is 14.4 Å². The van der Waals surface area contributed by atoms with Crippen LogP contribution in [0, 0.1) is 5.92 Å². The quantitative estimate of drug-likeness (QED) is 0.796. The van der Waals surface area contributed by atoms with E-state index in [-0.39, 0.29) is 12.0 Å². The number of aliphatic hydroxyl groups is 1. The van der Waals surface area contributed by atoms with Crippen LogP contribution in [-0.4, -0.2) is 44.9 Å². The van der Waals surface area contributed by atoms with E-state index in [9.17, 15) is 9.90 Å². The Balaban J connectivity index is 1.59. The van der Waals surface area contributed by atoms with Crippen LogP contribution in [0.2, 0.25) is 0 Å². The molecule has 1 aromatic carbocycles. The Labute approximate surface area is 154 Å². The van der Waals surface area contributed by atoms with Gasteiger partial charge in [0.15, 0.2) is 0 Å². The first-order valence-electron chi connectivity index (χ1n) is 9.30. The SMILES string of the molecule is CC(C)Cn1ccc(C(=O)NCc2ccccc2CN2CCC(O)C2)n1. The lowest BCUT2D eigenvalue weighted by Crippen LogP contribution is -2.26. The van der Waals surface area contributed by atoms with E-state index < -0.39 is 0 Å². The van der Waals surface area contributed by atoms with Crippen molar-refractivity contribution in [2.45, 2.75) is 46.0 Å². The smallest absolute Gasteiger partial charge is 0.272 e. The van der Waals surface area contributed by atoms with E-state index in [1.807, 2.05) is 29.1 Å². The largest absolute Gasteiger partial charge is 0.392 e. The fourth-order valence-electron chi connectivity index (χ4n) is 3.31. The summed E-state index contributed by atoms with van der Waals surface area (Å²) in [7, 11) is 0. The minimum Gasteiger partial charge on any atom is -0.392 e. The molecule has 0 saturated carbocycles. The second kappa shape index (κ2) is 8.47. The molecule has 3 rings (SSSR count). The number of nitrogens with one attached hydrogen (secondary N) is 1. The Morgan fingerprint density at radius 2 is 2.08 bits per heavy atom. The van der Waals surface area contributed by atoms with Gasteiger partial charge >= 0.3 is 0 Å². The number of amides is 1. The highest BCUT2D eigenvalue weighted by molar-refractivity contribution is 5.92. The molecule has 0 bridgehead atoms. The highest BCUT2D eigenvalue weighted by Gasteiger charge is 2.20. The maximum absolute atomic E-state index is 12.4. The van der Waals surface area contributed by atoms with Crippen LogP contribution in [0.1, 0.15) is 41.9 Å². The van der Waals surface area contributed by atoms with Crippen LogP contribution in [0.5, 0.6) is 0 Å². The molecule has 0 aliphatic carbocycles. The van der Waals surface area contributed by atoms with E-state index >= 15 is 0 Å². The Bertz CT molecular complexity index is 741. The van der Waals surface area contributed by atoms with E-state index in [1.165, 1.54) is 5.56 Å². The Hall–Kier alpha value is -2.18. The second-order valence-corrected chi connectivity index (χ2v) is 7.45. The van der Waals surface area contributed by atoms with E-state index in [0.29, 0.717) is 24.7 Å². The number of carbonyl (C=O) groups excluding carboxylic acids is 1. The van der Waals surface area contributed by atoms with Crippen molar-refractivity contribution in [1.82, 2.24) is 20.0 Å². The third-order valence-electron chi connectivity index (χ3n) is 4.62. The number of rotatable bonds is 7. The average molecular weight is 356 g/mol. The molecule has 0 radical (unpaired) electrons. The van der Waals surface area contributed by atoms with Crippen molar-refractivity contribution in [1.29, 1.82) is 0 Å². The zero-order valence-corrected chi connectivity index (χ0v) is 15.6. The van der Waals surface area contributed by atoms with Crippen molar-refractivity contribution in [3.63, 3.8) is 0 Å².